The Morgan fingerprint density at radius 1 is 1.45 bits per heavy atom. The number of carboxylic acid groups (broad SMARTS) is 1. The third-order valence-corrected chi connectivity index (χ3v) is 3.51. The Labute approximate surface area is 134 Å². The van der Waals surface area contributed by atoms with Gasteiger partial charge in [-0.15, -0.1) is 0 Å². The van der Waals surface area contributed by atoms with E-state index in [1.54, 1.807) is 20.8 Å². The average molecular weight is 333 g/mol. The normalized spacial score (nSPS) is 15.8. The molecule has 126 valence electrons. The molecule has 1 heterocycles. The van der Waals surface area contributed by atoms with E-state index in [0.29, 0.717) is 19.4 Å². The van der Waals surface area contributed by atoms with Crippen molar-refractivity contribution in [2.75, 3.05) is 6.54 Å². The lowest BCUT2D eigenvalue weighted by Gasteiger charge is -2.22. The molecule has 1 atom stereocenters. The predicted octanol–water partition coefficient (Wildman–Crippen LogP) is 2.36. The fraction of sp³-hybridized carbons (Fsp3) is 0.769. The molecule has 2 N–H and O–H groups in total. The number of ether oxygens (including phenoxy) is 1. The highest BCUT2D eigenvalue weighted by Gasteiger charge is 2.24. The summed E-state index contributed by atoms with van der Waals surface area (Å²) in [5, 5.41) is 15.3. The van der Waals surface area contributed by atoms with Gasteiger partial charge in [0, 0.05) is 6.54 Å². The Bertz CT molecular complexity index is 436. The topological polar surface area (TPSA) is 100 Å². The summed E-state index contributed by atoms with van der Waals surface area (Å²) < 4.78 is 11.8. The number of carbonyl (C=O) groups is 2. The summed E-state index contributed by atoms with van der Waals surface area (Å²) in [6.45, 7) is 7.72. The maximum atomic E-state index is 11.6. The number of carboxylic acids is 1. The summed E-state index contributed by atoms with van der Waals surface area (Å²) >= 11 is 1.16. The van der Waals surface area contributed by atoms with Gasteiger partial charge in [-0.25, -0.2) is 9.59 Å². The molecule has 0 saturated carbocycles. The maximum absolute atomic E-state index is 11.6. The minimum absolute atomic E-state index is 0.337. The van der Waals surface area contributed by atoms with Crippen molar-refractivity contribution in [1.29, 1.82) is 0 Å². The molecule has 0 aromatic heterocycles. The van der Waals surface area contributed by atoms with Crippen molar-refractivity contribution in [2.24, 2.45) is 5.16 Å². The number of unbranched alkanes of at least 4 members (excludes halogenated alkanes) is 1. The van der Waals surface area contributed by atoms with E-state index < -0.39 is 23.7 Å². The summed E-state index contributed by atoms with van der Waals surface area (Å²) in [4.78, 5) is 22.8. The van der Waals surface area contributed by atoms with E-state index in [2.05, 4.69) is 10.5 Å². The van der Waals surface area contributed by atoms with E-state index in [-0.39, 0.29) is 0 Å². The molecule has 1 amide bonds. The van der Waals surface area contributed by atoms with Gasteiger partial charge in [0.2, 0.25) is 12.2 Å². The Balaban J connectivity index is 2.30. The average Bonchev–Trinajstić information content (AvgIpc) is 2.76. The van der Waals surface area contributed by atoms with Crippen molar-refractivity contribution < 1.29 is 23.7 Å². The molecule has 22 heavy (non-hydrogen) atoms. The SMILES string of the molecule is CC1=NOSN1CCCCC(NC(=O)OC(C)(C)C)C(=O)O. The molecule has 1 aliphatic rings. The van der Waals surface area contributed by atoms with Gasteiger partial charge in [0.05, 0.1) is 0 Å². The third-order valence-electron chi connectivity index (χ3n) is 2.75. The van der Waals surface area contributed by atoms with Crippen LogP contribution in [-0.2, 0) is 13.8 Å². The number of oxime groups is 1. The fourth-order valence-corrected chi connectivity index (χ4v) is 2.29. The number of carbonyl (C=O) groups excluding carboxylic acids is 1. The Hall–Kier alpha value is -1.64. The van der Waals surface area contributed by atoms with Crippen LogP contribution in [-0.4, -0.2) is 45.5 Å². The molecule has 0 aliphatic carbocycles. The van der Waals surface area contributed by atoms with Gasteiger partial charge in [0.25, 0.3) is 0 Å². The van der Waals surface area contributed by atoms with Gasteiger partial charge < -0.3 is 15.2 Å². The molecular weight excluding hydrogens is 310 g/mol. The van der Waals surface area contributed by atoms with E-state index in [4.69, 9.17) is 14.1 Å². The van der Waals surface area contributed by atoms with Gasteiger partial charge in [-0.3, -0.25) is 8.59 Å². The second kappa shape index (κ2) is 8.11. The van der Waals surface area contributed by atoms with Gasteiger partial charge in [-0.05, 0) is 47.0 Å². The highest BCUT2D eigenvalue weighted by atomic mass is 32.2. The van der Waals surface area contributed by atoms with Crippen LogP contribution in [0.1, 0.15) is 47.0 Å². The molecule has 0 fully saturated rings. The lowest BCUT2D eigenvalue weighted by molar-refractivity contribution is -0.139. The zero-order valence-corrected chi connectivity index (χ0v) is 14.1. The highest BCUT2D eigenvalue weighted by molar-refractivity contribution is 7.93. The molecule has 0 bridgehead atoms. The largest absolute Gasteiger partial charge is 0.480 e. The summed E-state index contributed by atoms with van der Waals surface area (Å²) in [5.41, 5.74) is -0.656. The summed E-state index contributed by atoms with van der Waals surface area (Å²) in [5.74, 6) is -0.283. The molecular formula is C13H23N3O5S. The zero-order chi connectivity index (χ0) is 16.8. The second-order valence-electron chi connectivity index (χ2n) is 5.92. The van der Waals surface area contributed by atoms with Crippen molar-refractivity contribution >= 4 is 30.1 Å². The monoisotopic (exact) mass is 333 g/mol. The standard InChI is InChI=1S/C13H23N3O5S/c1-9-15-21-22-16(9)8-6-5-7-10(11(17)18)14-12(19)20-13(2,3)4/h10H,5-8H2,1-4H3,(H,14,19)(H,17,18). The number of alkyl carbamates (subject to hydrolysis) is 1. The molecule has 8 nitrogen and oxygen atoms in total. The van der Waals surface area contributed by atoms with Crippen LogP contribution < -0.4 is 5.32 Å². The number of nitrogens with one attached hydrogen (secondary N) is 1. The van der Waals surface area contributed by atoms with E-state index in [1.165, 1.54) is 0 Å². The van der Waals surface area contributed by atoms with Crippen LogP contribution in [0.5, 0.6) is 0 Å². The fourth-order valence-electron chi connectivity index (χ4n) is 1.72. The minimum atomic E-state index is -1.07. The van der Waals surface area contributed by atoms with Crippen LogP contribution in [0.2, 0.25) is 0 Å². The first kappa shape index (κ1) is 18.4. The third kappa shape index (κ3) is 6.88. The molecule has 0 aromatic rings. The Kier molecular flexibility index (Phi) is 6.79. The summed E-state index contributed by atoms with van der Waals surface area (Å²) in [6, 6.07) is -0.952. The van der Waals surface area contributed by atoms with Gasteiger partial charge in [0.1, 0.15) is 11.6 Å². The van der Waals surface area contributed by atoms with E-state index in [1.807, 2.05) is 11.2 Å². The summed E-state index contributed by atoms with van der Waals surface area (Å²) in [6.07, 6.45) is 1.04. The van der Waals surface area contributed by atoms with Crippen molar-refractivity contribution in [2.45, 2.75) is 58.6 Å². The van der Waals surface area contributed by atoms with Crippen molar-refractivity contribution in [3.05, 3.63) is 0 Å². The molecule has 1 aliphatic heterocycles. The lowest BCUT2D eigenvalue weighted by Crippen LogP contribution is -2.43. The minimum Gasteiger partial charge on any atom is -0.480 e. The van der Waals surface area contributed by atoms with Gasteiger partial charge in [0.15, 0.2) is 5.84 Å². The quantitative estimate of drug-likeness (QED) is 0.419. The first-order valence-corrected chi connectivity index (χ1v) is 7.77. The first-order chi connectivity index (χ1) is 10.2. The number of hydrogen-bond acceptors (Lipinski definition) is 7. The van der Waals surface area contributed by atoms with Gasteiger partial charge in [-0.1, -0.05) is 5.16 Å². The van der Waals surface area contributed by atoms with E-state index in [0.717, 1.165) is 24.5 Å². The molecule has 1 unspecified atom stereocenters. The van der Waals surface area contributed by atoms with E-state index >= 15 is 0 Å². The van der Waals surface area contributed by atoms with Crippen LogP contribution in [0, 0.1) is 0 Å². The highest BCUT2D eigenvalue weighted by Crippen LogP contribution is 2.21. The van der Waals surface area contributed by atoms with Crippen molar-refractivity contribution in [3.63, 3.8) is 0 Å². The second-order valence-corrected chi connectivity index (χ2v) is 6.66. The molecule has 1 rings (SSSR count). The molecule has 0 aromatic carbocycles. The molecule has 9 heteroatoms. The number of nitrogens with zero attached hydrogens (tertiary/aromatic N) is 2. The van der Waals surface area contributed by atoms with Crippen LogP contribution in [0.15, 0.2) is 5.16 Å². The van der Waals surface area contributed by atoms with Gasteiger partial charge >= 0.3 is 12.1 Å². The van der Waals surface area contributed by atoms with E-state index in [9.17, 15) is 9.59 Å². The number of amidine groups is 1. The molecule has 0 spiro atoms. The smallest absolute Gasteiger partial charge is 0.408 e. The molecule has 0 saturated heterocycles. The van der Waals surface area contributed by atoms with Crippen LogP contribution in [0.3, 0.4) is 0 Å². The summed E-state index contributed by atoms with van der Waals surface area (Å²) in [7, 11) is 0. The zero-order valence-electron chi connectivity index (χ0n) is 13.3. The number of aliphatic carboxylic acids is 1. The predicted molar refractivity (Wildman–Crippen MR) is 83.1 cm³/mol. The number of hydrogen-bond donors (Lipinski definition) is 2. The van der Waals surface area contributed by atoms with Crippen molar-refractivity contribution in [3.8, 4) is 0 Å². The maximum Gasteiger partial charge on any atom is 0.408 e. The number of rotatable bonds is 7. The van der Waals surface area contributed by atoms with Crippen molar-refractivity contribution in [1.82, 2.24) is 9.62 Å². The molecule has 0 radical (unpaired) electrons. The van der Waals surface area contributed by atoms with Crippen LogP contribution >= 0.6 is 12.2 Å². The lowest BCUT2D eigenvalue weighted by atomic mass is 10.1. The number of amides is 1. The van der Waals surface area contributed by atoms with Crippen LogP contribution in [0.25, 0.3) is 0 Å². The Morgan fingerprint density at radius 2 is 2.14 bits per heavy atom. The first-order valence-electron chi connectivity index (χ1n) is 7.07. The Morgan fingerprint density at radius 3 is 2.64 bits per heavy atom. The van der Waals surface area contributed by atoms with Gasteiger partial charge in [-0.2, -0.15) is 0 Å². The van der Waals surface area contributed by atoms with Crippen LogP contribution in [0.4, 0.5) is 4.79 Å².